The Labute approximate surface area is 226 Å². The van der Waals surface area contributed by atoms with Crippen LogP contribution in [0.15, 0.2) is 36.5 Å². The van der Waals surface area contributed by atoms with Gasteiger partial charge in [0.25, 0.3) is 5.69 Å². The fraction of sp³-hybridized carbons (Fsp3) is 0.444. The van der Waals surface area contributed by atoms with Gasteiger partial charge in [-0.2, -0.15) is 5.10 Å². The summed E-state index contributed by atoms with van der Waals surface area (Å²) in [4.78, 5) is 27.7. The molecular formula is C27H33N5O7. The number of pyridine rings is 1. The van der Waals surface area contributed by atoms with Gasteiger partial charge in [0, 0.05) is 30.9 Å². The van der Waals surface area contributed by atoms with E-state index in [2.05, 4.69) is 22.3 Å². The third-order valence-corrected chi connectivity index (χ3v) is 6.37. The fourth-order valence-electron chi connectivity index (χ4n) is 4.35. The maximum absolute atomic E-state index is 12.0. The number of nitro groups is 1. The summed E-state index contributed by atoms with van der Waals surface area (Å²) in [5.74, 6) is 0.342. The van der Waals surface area contributed by atoms with Crippen LogP contribution in [0, 0.1) is 23.0 Å². The Morgan fingerprint density at radius 1 is 1.28 bits per heavy atom. The van der Waals surface area contributed by atoms with Gasteiger partial charge in [0.05, 0.1) is 54.9 Å². The summed E-state index contributed by atoms with van der Waals surface area (Å²) in [7, 11) is 3.12. The molecule has 12 heteroatoms. The van der Waals surface area contributed by atoms with Crippen LogP contribution in [0.5, 0.6) is 5.88 Å². The van der Waals surface area contributed by atoms with Gasteiger partial charge in [-0.15, -0.1) is 0 Å². The predicted molar refractivity (Wildman–Crippen MR) is 143 cm³/mol. The molecule has 3 heterocycles. The van der Waals surface area contributed by atoms with E-state index in [1.807, 2.05) is 6.92 Å². The lowest BCUT2D eigenvalue weighted by molar-refractivity contribution is -0.384. The van der Waals surface area contributed by atoms with Gasteiger partial charge in [-0.25, -0.2) is 9.48 Å². The van der Waals surface area contributed by atoms with Crippen molar-refractivity contribution in [2.24, 2.45) is 13.0 Å². The first-order valence-electron chi connectivity index (χ1n) is 12.7. The van der Waals surface area contributed by atoms with Crippen LogP contribution in [0.25, 0.3) is 11.3 Å². The highest BCUT2D eigenvalue weighted by Crippen LogP contribution is 2.32. The van der Waals surface area contributed by atoms with Crippen molar-refractivity contribution >= 4 is 17.3 Å². The van der Waals surface area contributed by atoms with Crippen molar-refractivity contribution in [3.63, 3.8) is 0 Å². The van der Waals surface area contributed by atoms with Gasteiger partial charge in [-0.05, 0) is 49.9 Å². The van der Waals surface area contributed by atoms with Crippen LogP contribution in [-0.2, 0) is 21.3 Å². The number of carbonyl (C=O) groups excluding carboxylic acids is 1. The lowest BCUT2D eigenvalue weighted by Gasteiger charge is -2.16. The zero-order valence-electron chi connectivity index (χ0n) is 22.5. The van der Waals surface area contributed by atoms with Crippen LogP contribution < -0.4 is 10.1 Å². The van der Waals surface area contributed by atoms with Crippen LogP contribution >= 0.6 is 0 Å². The molecule has 2 aromatic heterocycles. The summed E-state index contributed by atoms with van der Waals surface area (Å²) < 4.78 is 23.6. The second-order valence-electron chi connectivity index (χ2n) is 9.44. The number of anilines is 1. The smallest absolute Gasteiger partial charge is 0.337 e. The number of rotatable bonds is 12. The summed E-state index contributed by atoms with van der Waals surface area (Å²) in [6, 6.07) is 8.19. The summed E-state index contributed by atoms with van der Waals surface area (Å²) in [6.07, 6.45) is 2.75. The molecule has 3 aromatic rings. The Balaban J connectivity index is 1.33. The molecule has 0 aliphatic carbocycles. The largest absolute Gasteiger partial charge is 0.477 e. The van der Waals surface area contributed by atoms with Crippen molar-refractivity contribution in [3.05, 3.63) is 63.5 Å². The molecule has 1 unspecified atom stereocenters. The lowest BCUT2D eigenvalue weighted by atomic mass is 10.1. The van der Waals surface area contributed by atoms with Crippen molar-refractivity contribution in [2.75, 3.05) is 38.8 Å². The summed E-state index contributed by atoms with van der Waals surface area (Å²) >= 11 is 0. The van der Waals surface area contributed by atoms with E-state index in [9.17, 15) is 14.9 Å². The Morgan fingerprint density at radius 3 is 2.77 bits per heavy atom. The highest BCUT2D eigenvalue weighted by Gasteiger charge is 2.23. The zero-order valence-corrected chi connectivity index (χ0v) is 22.5. The Hall–Kier alpha value is -4.03. The highest BCUT2D eigenvalue weighted by molar-refractivity contribution is 5.90. The molecule has 1 saturated heterocycles. The van der Waals surface area contributed by atoms with Crippen LogP contribution in [-0.4, -0.2) is 59.1 Å². The van der Waals surface area contributed by atoms with E-state index in [0.29, 0.717) is 60.4 Å². The average molecular weight is 540 g/mol. The molecule has 1 aromatic carbocycles. The van der Waals surface area contributed by atoms with E-state index in [-0.39, 0.29) is 11.6 Å². The first-order valence-corrected chi connectivity index (χ1v) is 12.7. The van der Waals surface area contributed by atoms with Crippen molar-refractivity contribution in [3.8, 4) is 17.1 Å². The monoisotopic (exact) mass is 539 g/mol. The molecule has 0 saturated carbocycles. The fourth-order valence-corrected chi connectivity index (χ4v) is 4.35. The molecule has 1 atom stereocenters. The summed E-state index contributed by atoms with van der Waals surface area (Å²) in [5.41, 5.74) is 3.54. The maximum Gasteiger partial charge on any atom is 0.337 e. The van der Waals surface area contributed by atoms with E-state index in [1.54, 1.807) is 42.2 Å². The van der Waals surface area contributed by atoms with Crippen molar-refractivity contribution in [1.82, 2.24) is 14.8 Å². The molecule has 12 nitrogen and oxygen atoms in total. The second-order valence-corrected chi connectivity index (χ2v) is 9.44. The number of nitro benzene ring substituents is 1. The van der Waals surface area contributed by atoms with Gasteiger partial charge in [0.1, 0.15) is 5.69 Å². The number of methoxy groups -OCH3 is 1. The van der Waals surface area contributed by atoms with Crippen molar-refractivity contribution < 1.29 is 28.7 Å². The number of nitrogens with one attached hydrogen (secondary N) is 1. The molecule has 4 rings (SSSR count). The predicted octanol–water partition coefficient (Wildman–Crippen LogP) is 4.44. The molecule has 1 N–H and O–H groups in total. The molecule has 0 bridgehead atoms. The molecule has 1 aliphatic rings. The van der Waals surface area contributed by atoms with Gasteiger partial charge in [0.2, 0.25) is 5.88 Å². The van der Waals surface area contributed by atoms with E-state index in [1.165, 1.54) is 13.2 Å². The number of ether oxygens (including phenoxy) is 4. The number of hydrogen-bond donors (Lipinski definition) is 1. The quantitative estimate of drug-likeness (QED) is 0.152. The third-order valence-electron chi connectivity index (χ3n) is 6.37. The number of hydrogen-bond acceptors (Lipinski definition) is 10. The standard InChI is InChI=1S/C27H33N5O7/c1-17(15-28-23-13-19(27-38-10-11-39-27)7-8-24(23)32(34)35)6-5-9-37-25-21(16-29-31(25)3)22-14-20(26(33)36-4)12-18(2)30-22/h7-8,12-14,16-17,27-28H,5-6,9-11,15H2,1-4H3. The Bertz CT molecular complexity index is 1320. The van der Waals surface area contributed by atoms with E-state index >= 15 is 0 Å². The first-order chi connectivity index (χ1) is 18.8. The van der Waals surface area contributed by atoms with Crippen LogP contribution in [0.4, 0.5) is 11.4 Å². The second kappa shape index (κ2) is 12.7. The number of aryl methyl sites for hydroxylation is 2. The molecule has 0 amide bonds. The van der Waals surface area contributed by atoms with Gasteiger partial charge in [0.15, 0.2) is 6.29 Å². The molecule has 1 aliphatic heterocycles. The molecule has 0 spiro atoms. The van der Waals surface area contributed by atoms with E-state index in [0.717, 1.165) is 18.4 Å². The molecular weight excluding hydrogens is 506 g/mol. The maximum atomic E-state index is 12.0. The highest BCUT2D eigenvalue weighted by atomic mass is 16.7. The first kappa shape index (κ1) is 28.0. The van der Waals surface area contributed by atoms with Crippen LogP contribution in [0.3, 0.4) is 0 Å². The summed E-state index contributed by atoms with van der Waals surface area (Å²) in [6.45, 7) is 5.88. The average Bonchev–Trinajstić information content (AvgIpc) is 3.59. The molecule has 1 fully saturated rings. The topological polar surface area (TPSA) is 140 Å². The summed E-state index contributed by atoms with van der Waals surface area (Å²) in [5, 5.41) is 19.0. The minimum absolute atomic E-state index is 0.0103. The normalized spacial score (nSPS) is 14.3. The Morgan fingerprint density at radius 2 is 2.05 bits per heavy atom. The van der Waals surface area contributed by atoms with Gasteiger partial charge >= 0.3 is 5.97 Å². The van der Waals surface area contributed by atoms with Gasteiger partial charge < -0.3 is 24.3 Å². The van der Waals surface area contributed by atoms with Crippen molar-refractivity contribution in [1.29, 1.82) is 0 Å². The minimum Gasteiger partial charge on any atom is -0.477 e. The zero-order chi connectivity index (χ0) is 27.9. The van der Waals surface area contributed by atoms with Gasteiger partial charge in [-0.3, -0.25) is 15.1 Å². The lowest BCUT2D eigenvalue weighted by Crippen LogP contribution is -2.14. The molecule has 208 valence electrons. The number of esters is 1. The minimum atomic E-state index is -0.500. The molecule has 39 heavy (non-hydrogen) atoms. The van der Waals surface area contributed by atoms with Gasteiger partial charge in [-0.1, -0.05) is 6.92 Å². The third kappa shape index (κ3) is 6.89. The number of carbonyl (C=O) groups is 1. The number of nitrogens with zero attached hydrogens (tertiary/aromatic N) is 4. The van der Waals surface area contributed by atoms with Crippen molar-refractivity contribution in [2.45, 2.75) is 33.0 Å². The Kier molecular flexibility index (Phi) is 9.10. The van der Waals surface area contributed by atoms with Crippen LogP contribution in [0.2, 0.25) is 0 Å². The number of benzene rings is 1. The van der Waals surface area contributed by atoms with Crippen LogP contribution in [0.1, 0.15) is 47.7 Å². The molecule has 0 radical (unpaired) electrons. The van der Waals surface area contributed by atoms with E-state index in [4.69, 9.17) is 18.9 Å². The SMILES string of the molecule is COC(=O)c1cc(C)nc(-c2cnn(C)c2OCCCC(C)CNc2cc(C3OCCO3)ccc2[N+](=O)[O-])c1. The van der Waals surface area contributed by atoms with E-state index < -0.39 is 17.2 Å². The number of aromatic nitrogens is 3.